The number of fused-ring (bicyclic) bond motifs is 2. The normalized spacial score (nSPS) is 16.8. The lowest BCUT2D eigenvalue weighted by atomic mass is 9.60. The number of benzene rings is 2. The van der Waals surface area contributed by atoms with Crippen molar-refractivity contribution in [3.05, 3.63) is 72.7 Å². The minimum atomic E-state index is 0.000352. The molecule has 0 atom stereocenters. The zero-order valence-corrected chi connectivity index (χ0v) is 18.0. The van der Waals surface area contributed by atoms with E-state index in [2.05, 4.69) is 52.7 Å². The second-order valence-corrected chi connectivity index (χ2v) is 9.02. The molecule has 7 heteroatoms. The topological polar surface area (TPSA) is 89.9 Å². The number of hydrogen-bond acceptors (Lipinski definition) is 5. The number of carbonyl (C=O) groups excluding carboxylic acids is 1. The van der Waals surface area contributed by atoms with Crippen molar-refractivity contribution in [1.82, 2.24) is 24.6 Å². The van der Waals surface area contributed by atoms with Crippen LogP contribution < -0.4 is 5.73 Å². The molecule has 1 saturated heterocycles. The molecule has 1 aliphatic heterocycles. The monoisotopic (exact) mass is 434 g/mol. The van der Waals surface area contributed by atoms with Crippen LogP contribution in [-0.2, 0) is 4.79 Å². The summed E-state index contributed by atoms with van der Waals surface area (Å²) in [5.74, 6) is 6.82. The number of amides is 1. The van der Waals surface area contributed by atoms with Crippen molar-refractivity contribution in [2.45, 2.75) is 18.9 Å². The third-order valence-corrected chi connectivity index (χ3v) is 6.81. The Balaban J connectivity index is 1.30. The smallest absolute Gasteiger partial charge is 0.245 e. The molecule has 2 fully saturated rings. The number of rotatable bonds is 2. The third kappa shape index (κ3) is 3.14. The lowest BCUT2D eigenvalue weighted by molar-refractivity contribution is -0.148. The SMILES string of the molecule is C=CC(=O)N1CC2(CC(n3nc(C#Cc4ccc5ccccc5c4)c4c(N)ncnc43)C2)C1. The van der Waals surface area contributed by atoms with Crippen LogP contribution in [0, 0.1) is 17.3 Å². The maximum absolute atomic E-state index is 11.8. The van der Waals surface area contributed by atoms with Gasteiger partial charge in [-0.1, -0.05) is 42.8 Å². The van der Waals surface area contributed by atoms with Crippen molar-refractivity contribution in [3.8, 4) is 11.8 Å². The molecule has 33 heavy (non-hydrogen) atoms. The summed E-state index contributed by atoms with van der Waals surface area (Å²) in [6.45, 7) is 5.13. The van der Waals surface area contributed by atoms with E-state index in [0.29, 0.717) is 22.5 Å². The Hall–Kier alpha value is -4.18. The van der Waals surface area contributed by atoms with Gasteiger partial charge in [-0.05, 0) is 47.7 Å². The standard InChI is InChI=1S/C26H22N6O/c1-2-22(33)31-14-26(15-31)12-20(13-26)32-25-23(24(27)28-16-29-25)21(30-32)10-8-17-7-9-18-5-3-4-6-19(18)11-17/h2-7,9,11,16,20H,1,12-15H2,(H2,27,28,29). The maximum Gasteiger partial charge on any atom is 0.245 e. The Morgan fingerprint density at radius 2 is 1.91 bits per heavy atom. The van der Waals surface area contributed by atoms with Gasteiger partial charge in [0.05, 0.1) is 11.4 Å². The minimum Gasteiger partial charge on any atom is -0.383 e. The molecular weight excluding hydrogens is 412 g/mol. The van der Waals surface area contributed by atoms with E-state index >= 15 is 0 Å². The van der Waals surface area contributed by atoms with E-state index in [0.717, 1.165) is 36.9 Å². The highest BCUT2D eigenvalue weighted by atomic mass is 16.2. The van der Waals surface area contributed by atoms with Gasteiger partial charge in [0.2, 0.25) is 5.91 Å². The fourth-order valence-electron chi connectivity index (χ4n) is 5.16. The first-order chi connectivity index (χ1) is 16.0. The van der Waals surface area contributed by atoms with Gasteiger partial charge in [0.25, 0.3) is 0 Å². The molecule has 2 aliphatic rings. The summed E-state index contributed by atoms with van der Waals surface area (Å²) in [5, 5.41) is 7.83. The molecule has 1 aliphatic carbocycles. The highest BCUT2D eigenvalue weighted by Crippen LogP contribution is 2.54. The number of hydrogen-bond donors (Lipinski definition) is 1. The number of nitrogens with zero attached hydrogens (tertiary/aromatic N) is 5. The Bertz CT molecular complexity index is 1490. The van der Waals surface area contributed by atoms with E-state index in [4.69, 9.17) is 10.8 Å². The molecule has 0 radical (unpaired) electrons. The molecule has 1 amide bonds. The summed E-state index contributed by atoms with van der Waals surface area (Å²) >= 11 is 0. The molecule has 0 unspecified atom stereocenters. The average molecular weight is 435 g/mol. The number of carbonyl (C=O) groups is 1. The van der Waals surface area contributed by atoms with Crippen molar-refractivity contribution in [2.24, 2.45) is 5.41 Å². The van der Waals surface area contributed by atoms with E-state index in [-0.39, 0.29) is 17.4 Å². The molecule has 4 aromatic rings. The van der Waals surface area contributed by atoms with Gasteiger partial charge in [0.15, 0.2) is 5.65 Å². The quantitative estimate of drug-likeness (QED) is 0.386. The Morgan fingerprint density at radius 1 is 1.12 bits per heavy atom. The number of aromatic nitrogens is 4. The van der Waals surface area contributed by atoms with Gasteiger partial charge in [0, 0.05) is 24.1 Å². The molecule has 6 rings (SSSR count). The highest BCUT2D eigenvalue weighted by molar-refractivity contribution is 5.91. The van der Waals surface area contributed by atoms with Crippen LogP contribution in [0.15, 0.2) is 61.4 Å². The van der Waals surface area contributed by atoms with Gasteiger partial charge < -0.3 is 10.6 Å². The fraction of sp³-hybridized carbons (Fsp3) is 0.231. The van der Waals surface area contributed by atoms with Gasteiger partial charge in [-0.25, -0.2) is 14.6 Å². The Labute approximate surface area is 190 Å². The van der Waals surface area contributed by atoms with E-state index in [1.165, 1.54) is 17.8 Å². The van der Waals surface area contributed by atoms with Crippen LogP contribution in [0.4, 0.5) is 5.82 Å². The Kier molecular flexibility index (Phi) is 4.24. The molecular formula is C26H22N6O. The van der Waals surface area contributed by atoms with Crippen LogP contribution in [0.5, 0.6) is 0 Å². The molecule has 3 heterocycles. The van der Waals surface area contributed by atoms with Crippen LogP contribution >= 0.6 is 0 Å². The predicted octanol–water partition coefficient (Wildman–Crippen LogP) is 3.31. The summed E-state index contributed by atoms with van der Waals surface area (Å²) < 4.78 is 1.95. The van der Waals surface area contributed by atoms with E-state index in [1.54, 1.807) is 0 Å². The summed E-state index contributed by atoms with van der Waals surface area (Å²) in [6, 6.07) is 14.6. The summed E-state index contributed by atoms with van der Waals surface area (Å²) in [4.78, 5) is 22.3. The second-order valence-electron chi connectivity index (χ2n) is 9.02. The molecule has 2 aromatic carbocycles. The van der Waals surface area contributed by atoms with Crippen molar-refractivity contribution >= 4 is 33.5 Å². The van der Waals surface area contributed by atoms with Crippen molar-refractivity contribution < 1.29 is 4.79 Å². The van der Waals surface area contributed by atoms with E-state index in [1.807, 2.05) is 27.8 Å². The summed E-state index contributed by atoms with van der Waals surface area (Å²) in [6.07, 6.45) is 4.75. The number of nitrogen functional groups attached to an aromatic ring is 1. The lowest BCUT2D eigenvalue weighted by Gasteiger charge is -2.58. The van der Waals surface area contributed by atoms with Crippen molar-refractivity contribution in [1.29, 1.82) is 0 Å². The van der Waals surface area contributed by atoms with Crippen molar-refractivity contribution in [2.75, 3.05) is 18.8 Å². The van der Waals surface area contributed by atoms with Crippen LogP contribution in [0.1, 0.15) is 30.1 Å². The number of nitrogens with two attached hydrogens (primary N) is 1. The summed E-state index contributed by atoms with van der Waals surface area (Å²) in [5.41, 5.74) is 8.60. The molecule has 2 aromatic heterocycles. The third-order valence-electron chi connectivity index (χ3n) is 6.81. The van der Waals surface area contributed by atoms with Gasteiger partial charge in [0.1, 0.15) is 17.8 Å². The van der Waals surface area contributed by atoms with Crippen LogP contribution in [0.2, 0.25) is 0 Å². The van der Waals surface area contributed by atoms with Gasteiger partial charge >= 0.3 is 0 Å². The largest absolute Gasteiger partial charge is 0.383 e. The highest BCUT2D eigenvalue weighted by Gasteiger charge is 2.54. The minimum absolute atomic E-state index is 0.000352. The fourth-order valence-corrected chi connectivity index (χ4v) is 5.16. The van der Waals surface area contributed by atoms with Crippen LogP contribution in [0.25, 0.3) is 21.8 Å². The first-order valence-electron chi connectivity index (χ1n) is 11.0. The lowest BCUT2D eigenvalue weighted by Crippen LogP contribution is -2.63. The zero-order valence-electron chi connectivity index (χ0n) is 18.0. The first-order valence-corrected chi connectivity index (χ1v) is 11.0. The maximum atomic E-state index is 11.8. The molecule has 0 bridgehead atoms. The second kappa shape index (κ2) is 7.17. The molecule has 1 spiro atoms. The van der Waals surface area contributed by atoms with Gasteiger partial charge in [-0.15, -0.1) is 0 Å². The Morgan fingerprint density at radius 3 is 2.70 bits per heavy atom. The molecule has 1 saturated carbocycles. The van der Waals surface area contributed by atoms with E-state index < -0.39 is 0 Å². The van der Waals surface area contributed by atoms with E-state index in [9.17, 15) is 4.79 Å². The zero-order chi connectivity index (χ0) is 22.6. The number of likely N-dealkylation sites (tertiary alicyclic amines) is 1. The molecule has 162 valence electrons. The first kappa shape index (κ1) is 19.5. The molecule has 2 N–H and O–H groups in total. The molecule has 7 nitrogen and oxygen atoms in total. The average Bonchev–Trinajstić information content (AvgIpc) is 3.15. The van der Waals surface area contributed by atoms with Crippen molar-refractivity contribution in [3.63, 3.8) is 0 Å². The number of anilines is 1. The van der Waals surface area contributed by atoms with Gasteiger partial charge in [-0.3, -0.25) is 4.79 Å². The van der Waals surface area contributed by atoms with Gasteiger partial charge in [-0.2, -0.15) is 5.10 Å². The summed E-state index contributed by atoms with van der Waals surface area (Å²) in [7, 11) is 0. The van der Waals surface area contributed by atoms with Crippen LogP contribution in [-0.4, -0.2) is 43.6 Å². The predicted molar refractivity (Wildman–Crippen MR) is 127 cm³/mol. The van der Waals surface area contributed by atoms with Crippen LogP contribution in [0.3, 0.4) is 0 Å².